The third-order valence-electron chi connectivity index (χ3n) is 4.09. The summed E-state index contributed by atoms with van der Waals surface area (Å²) in [7, 11) is 0. The largest absolute Gasteiger partial charge is 0.482 e. The maximum absolute atomic E-state index is 12.0. The predicted octanol–water partition coefficient (Wildman–Crippen LogP) is 4.73. The van der Waals surface area contributed by atoms with Crippen molar-refractivity contribution < 1.29 is 9.53 Å². The van der Waals surface area contributed by atoms with Gasteiger partial charge in [-0.2, -0.15) is 16.4 Å². The van der Waals surface area contributed by atoms with E-state index in [4.69, 9.17) is 27.9 Å². The van der Waals surface area contributed by atoms with Gasteiger partial charge in [-0.3, -0.25) is 9.48 Å². The number of hydrogen-bond acceptors (Lipinski definition) is 4. The molecule has 0 saturated carbocycles. The molecule has 0 bridgehead atoms. The second kappa shape index (κ2) is 8.78. The second-order valence-electron chi connectivity index (χ2n) is 5.99. The van der Waals surface area contributed by atoms with Crippen molar-refractivity contribution >= 4 is 40.4 Å². The molecular weight excluding hydrogens is 405 g/mol. The molecule has 0 aliphatic rings. The summed E-state index contributed by atoms with van der Waals surface area (Å²) in [6.45, 7) is 4.98. The molecule has 142 valence electrons. The average Bonchev–Trinajstić information content (AvgIpc) is 3.22. The van der Waals surface area contributed by atoms with E-state index in [9.17, 15) is 4.79 Å². The monoisotopic (exact) mass is 423 g/mol. The van der Waals surface area contributed by atoms with Gasteiger partial charge >= 0.3 is 0 Å². The minimum absolute atomic E-state index is 0.112. The van der Waals surface area contributed by atoms with E-state index in [2.05, 4.69) is 27.2 Å². The fraction of sp³-hybridized carbons (Fsp3) is 0.263. The van der Waals surface area contributed by atoms with Gasteiger partial charge in [-0.05, 0) is 54.4 Å². The van der Waals surface area contributed by atoms with Crippen LogP contribution >= 0.6 is 34.5 Å². The lowest BCUT2D eigenvalue weighted by atomic mass is 10.1. The number of carbonyl (C=O) groups is 1. The molecule has 27 heavy (non-hydrogen) atoms. The first-order chi connectivity index (χ1) is 13.0. The fourth-order valence-corrected chi connectivity index (χ4v) is 3.94. The fourth-order valence-electron chi connectivity index (χ4n) is 2.83. The Morgan fingerprint density at radius 3 is 2.81 bits per heavy atom. The molecule has 2 heterocycles. The summed E-state index contributed by atoms with van der Waals surface area (Å²) in [6.07, 6.45) is 0. The van der Waals surface area contributed by atoms with Crippen molar-refractivity contribution in [2.75, 3.05) is 13.2 Å². The zero-order valence-electron chi connectivity index (χ0n) is 15.0. The molecule has 8 heteroatoms. The topological polar surface area (TPSA) is 56.2 Å². The van der Waals surface area contributed by atoms with Gasteiger partial charge in [0.1, 0.15) is 5.75 Å². The van der Waals surface area contributed by atoms with Gasteiger partial charge in [0, 0.05) is 22.8 Å². The summed E-state index contributed by atoms with van der Waals surface area (Å²) in [6, 6.07) is 6.96. The van der Waals surface area contributed by atoms with E-state index < -0.39 is 0 Å². The molecule has 3 rings (SSSR count). The Kier molecular flexibility index (Phi) is 6.42. The van der Waals surface area contributed by atoms with Crippen molar-refractivity contribution in [2.24, 2.45) is 0 Å². The number of amides is 1. The Morgan fingerprint density at radius 1 is 1.30 bits per heavy atom. The quantitative estimate of drug-likeness (QED) is 0.597. The molecule has 0 spiro atoms. The Balaban J connectivity index is 1.51. The van der Waals surface area contributed by atoms with Crippen molar-refractivity contribution in [3.8, 4) is 16.9 Å². The van der Waals surface area contributed by atoms with Crippen LogP contribution in [0.15, 0.2) is 35.0 Å². The van der Waals surface area contributed by atoms with Gasteiger partial charge in [0.25, 0.3) is 5.91 Å². The van der Waals surface area contributed by atoms with Crippen molar-refractivity contribution in [3.05, 3.63) is 56.5 Å². The maximum atomic E-state index is 12.0. The van der Waals surface area contributed by atoms with Crippen LogP contribution in [0.1, 0.15) is 11.4 Å². The highest BCUT2D eigenvalue weighted by Gasteiger charge is 2.14. The standard InChI is InChI=1S/C19H19Cl2N3O2S/c1-12-19(14-5-8-27-11-14)13(2)24(23-12)7-6-22-18(25)10-26-17-4-3-15(20)9-16(17)21/h3-5,8-9,11H,6-7,10H2,1-2H3,(H,22,25). The van der Waals surface area contributed by atoms with Gasteiger partial charge < -0.3 is 10.1 Å². The van der Waals surface area contributed by atoms with Gasteiger partial charge in [-0.1, -0.05) is 23.2 Å². The van der Waals surface area contributed by atoms with Crippen LogP contribution in [0.2, 0.25) is 10.0 Å². The third kappa shape index (κ3) is 4.83. The summed E-state index contributed by atoms with van der Waals surface area (Å²) in [5, 5.41) is 12.5. The molecule has 0 aliphatic carbocycles. The lowest BCUT2D eigenvalue weighted by Crippen LogP contribution is -2.32. The number of carbonyl (C=O) groups excluding carboxylic acids is 1. The van der Waals surface area contributed by atoms with Crippen LogP contribution in [0.25, 0.3) is 11.1 Å². The molecule has 0 fully saturated rings. The zero-order chi connectivity index (χ0) is 19.4. The number of halogens is 2. The van der Waals surface area contributed by atoms with Crippen molar-refractivity contribution in [1.29, 1.82) is 0 Å². The average molecular weight is 424 g/mol. The second-order valence-corrected chi connectivity index (χ2v) is 7.62. The van der Waals surface area contributed by atoms with Gasteiger partial charge in [0.15, 0.2) is 6.61 Å². The van der Waals surface area contributed by atoms with Crippen LogP contribution in [0.3, 0.4) is 0 Å². The number of thiophene rings is 1. The van der Waals surface area contributed by atoms with Crippen LogP contribution in [0.4, 0.5) is 0 Å². The van der Waals surface area contributed by atoms with E-state index in [-0.39, 0.29) is 12.5 Å². The first-order valence-corrected chi connectivity index (χ1v) is 10.1. The first kappa shape index (κ1) is 19.7. The first-order valence-electron chi connectivity index (χ1n) is 8.37. The minimum atomic E-state index is -0.222. The Morgan fingerprint density at radius 2 is 2.11 bits per heavy atom. The molecule has 0 atom stereocenters. The molecular formula is C19H19Cl2N3O2S. The van der Waals surface area contributed by atoms with E-state index in [0.29, 0.717) is 28.9 Å². The van der Waals surface area contributed by atoms with Crippen LogP contribution in [0.5, 0.6) is 5.75 Å². The number of aryl methyl sites for hydroxylation is 1. The molecule has 1 N–H and O–H groups in total. The number of nitrogens with zero attached hydrogens (tertiary/aromatic N) is 2. The van der Waals surface area contributed by atoms with Crippen LogP contribution in [-0.4, -0.2) is 28.8 Å². The molecule has 3 aromatic rings. The Hall–Kier alpha value is -2.02. The van der Waals surface area contributed by atoms with E-state index in [1.165, 1.54) is 5.56 Å². The van der Waals surface area contributed by atoms with Crippen LogP contribution in [0, 0.1) is 13.8 Å². The number of aromatic nitrogens is 2. The summed E-state index contributed by atoms with van der Waals surface area (Å²) < 4.78 is 7.34. The highest BCUT2D eigenvalue weighted by molar-refractivity contribution is 7.08. The summed E-state index contributed by atoms with van der Waals surface area (Å²) >= 11 is 13.5. The number of ether oxygens (including phenoxy) is 1. The highest BCUT2D eigenvalue weighted by atomic mass is 35.5. The highest BCUT2D eigenvalue weighted by Crippen LogP contribution is 2.29. The number of hydrogen-bond donors (Lipinski definition) is 1. The lowest BCUT2D eigenvalue weighted by molar-refractivity contribution is -0.123. The maximum Gasteiger partial charge on any atom is 0.258 e. The number of nitrogens with one attached hydrogen (secondary N) is 1. The third-order valence-corrected chi connectivity index (χ3v) is 5.30. The number of rotatable bonds is 7. The summed E-state index contributed by atoms with van der Waals surface area (Å²) in [5.41, 5.74) is 4.41. The molecule has 0 radical (unpaired) electrons. The summed E-state index contributed by atoms with van der Waals surface area (Å²) in [5.74, 6) is 0.204. The Labute approximate surface area is 171 Å². The van der Waals surface area contributed by atoms with Crippen molar-refractivity contribution in [3.63, 3.8) is 0 Å². The molecule has 1 amide bonds. The van der Waals surface area contributed by atoms with Gasteiger partial charge in [0.2, 0.25) is 0 Å². The van der Waals surface area contributed by atoms with Crippen LogP contribution < -0.4 is 10.1 Å². The van der Waals surface area contributed by atoms with Gasteiger partial charge in [-0.25, -0.2) is 0 Å². The lowest BCUT2D eigenvalue weighted by Gasteiger charge is -2.10. The molecule has 0 unspecified atom stereocenters. The Bertz CT molecular complexity index is 939. The molecule has 1 aromatic carbocycles. The van der Waals surface area contributed by atoms with E-state index in [1.807, 2.05) is 18.5 Å². The van der Waals surface area contributed by atoms with Gasteiger partial charge in [0.05, 0.1) is 17.3 Å². The molecule has 2 aromatic heterocycles. The molecule has 0 saturated heterocycles. The smallest absolute Gasteiger partial charge is 0.258 e. The molecule has 5 nitrogen and oxygen atoms in total. The summed E-state index contributed by atoms with van der Waals surface area (Å²) in [4.78, 5) is 12.0. The van der Waals surface area contributed by atoms with Crippen molar-refractivity contribution in [1.82, 2.24) is 15.1 Å². The van der Waals surface area contributed by atoms with E-state index >= 15 is 0 Å². The van der Waals surface area contributed by atoms with E-state index in [0.717, 1.165) is 17.0 Å². The normalized spacial score (nSPS) is 10.8. The number of benzene rings is 1. The predicted molar refractivity (Wildman–Crippen MR) is 110 cm³/mol. The zero-order valence-corrected chi connectivity index (χ0v) is 17.3. The van der Waals surface area contributed by atoms with Gasteiger partial charge in [-0.15, -0.1) is 0 Å². The van der Waals surface area contributed by atoms with E-state index in [1.54, 1.807) is 29.5 Å². The SMILES string of the molecule is Cc1nn(CCNC(=O)COc2ccc(Cl)cc2Cl)c(C)c1-c1ccsc1. The molecule has 0 aliphatic heterocycles. The van der Waals surface area contributed by atoms with Crippen LogP contribution in [-0.2, 0) is 11.3 Å². The van der Waals surface area contributed by atoms with Crippen molar-refractivity contribution in [2.45, 2.75) is 20.4 Å². The minimum Gasteiger partial charge on any atom is -0.482 e.